The molecule has 2 heterocycles. The molecule has 0 saturated carbocycles. The topological polar surface area (TPSA) is 76.8 Å². The second kappa shape index (κ2) is 7.32. The van der Waals surface area contributed by atoms with E-state index in [9.17, 15) is 14.4 Å². The molecule has 0 bridgehead atoms. The quantitative estimate of drug-likeness (QED) is 0.790. The molecule has 1 aliphatic heterocycles. The van der Waals surface area contributed by atoms with Crippen molar-refractivity contribution in [2.45, 2.75) is 27.2 Å². The summed E-state index contributed by atoms with van der Waals surface area (Å²) in [6.07, 6.45) is 1.09. The lowest BCUT2D eigenvalue weighted by molar-refractivity contribution is -0.137. The third-order valence-corrected chi connectivity index (χ3v) is 4.63. The van der Waals surface area contributed by atoms with E-state index in [1.54, 1.807) is 23.1 Å². The van der Waals surface area contributed by atoms with Crippen molar-refractivity contribution in [2.24, 2.45) is 11.8 Å². The Morgan fingerprint density at radius 1 is 1.19 bits per heavy atom. The summed E-state index contributed by atoms with van der Waals surface area (Å²) in [7, 11) is 0. The number of carbonyl (C=O) groups is 2. The van der Waals surface area contributed by atoms with E-state index in [4.69, 9.17) is 9.15 Å². The standard InChI is InChI=1S/C20H23NO5/c1-12-4-5-17-15(7-12)16(22)8-18(26-17)20(24)25-11-19(23)21-9-13(2)6-14(3)10-21/h4-5,7-8,13-14H,6,9-11H2,1-3H3/t13-,14-/m1/s1. The number of aryl methyl sites for hydroxylation is 1. The van der Waals surface area contributed by atoms with Crippen LogP contribution in [0.15, 0.2) is 33.5 Å². The molecule has 3 rings (SSSR count). The molecule has 0 N–H and O–H groups in total. The molecule has 1 saturated heterocycles. The van der Waals surface area contributed by atoms with Crippen LogP contribution in [0.25, 0.3) is 11.0 Å². The highest BCUT2D eigenvalue weighted by Gasteiger charge is 2.26. The van der Waals surface area contributed by atoms with Crippen LogP contribution in [-0.4, -0.2) is 36.5 Å². The summed E-state index contributed by atoms with van der Waals surface area (Å²) < 4.78 is 10.6. The summed E-state index contributed by atoms with van der Waals surface area (Å²) >= 11 is 0. The minimum absolute atomic E-state index is 0.195. The van der Waals surface area contributed by atoms with Gasteiger partial charge in [-0.05, 0) is 37.3 Å². The van der Waals surface area contributed by atoms with Gasteiger partial charge in [-0.3, -0.25) is 9.59 Å². The lowest BCUT2D eigenvalue weighted by Gasteiger charge is -2.34. The Hall–Kier alpha value is -2.63. The lowest BCUT2D eigenvalue weighted by atomic mass is 9.92. The molecular weight excluding hydrogens is 334 g/mol. The number of benzene rings is 1. The van der Waals surface area contributed by atoms with E-state index in [1.165, 1.54) is 0 Å². The van der Waals surface area contributed by atoms with Crippen molar-refractivity contribution in [3.63, 3.8) is 0 Å². The minimum Gasteiger partial charge on any atom is -0.450 e. The summed E-state index contributed by atoms with van der Waals surface area (Å²) in [4.78, 5) is 38.4. The Labute approximate surface area is 151 Å². The number of esters is 1. The largest absolute Gasteiger partial charge is 0.450 e. The average Bonchev–Trinajstić information content (AvgIpc) is 2.59. The molecule has 6 heteroatoms. The normalized spacial score (nSPS) is 20.2. The van der Waals surface area contributed by atoms with Gasteiger partial charge in [0, 0.05) is 19.2 Å². The molecule has 0 radical (unpaired) electrons. The van der Waals surface area contributed by atoms with E-state index in [0.717, 1.165) is 18.1 Å². The van der Waals surface area contributed by atoms with E-state index >= 15 is 0 Å². The Balaban J connectivity index is 1.68. The molecule has 1 aromatic heterocycles. The molecule has 0 unspecified atom stereocenters. The smallest absolute Gasteiger partial charge is 0.374 e. The average molecular weight is 357 g/mol. The number of piperidine rings is 1. The highest BCUT2D eigenvalue weighted by molar-refractivity contribution is 5.90. The molecule has 26 heavy (non-hydrogen) atoms. The van der Waals surface area contributed by atoms with Crippen molar-refractivity contribution in [1.82, 2.24) is 4.90 Å². The Morgan fingerprint density at radius 3 is 2.58 bits per heavy atom. The molecule has 6 nitrogen and oxygen atoms in total. The van der Waals surface area contributed by atoms with E-state index in [0.29, 0.717) is 35.9 Å². The molecule has 1 aromatic carbocycles. The lowest BCUT2D eigenvalue weighted by Crippen LogP contribution is -2.44. The number of ether oxygens (including phenoxy) is 1. The van der Waals surface area contributed by atoms with Crippen LogP contribution in [0.2, 0.25) is 0 Å². The van der Waals surface area contributed by atoms with Gasteiger partial charge in [-0.25, -0.2) is 4.79 Å². The summed E-state index contributed by atoms with van der Waals surface area (Å²) in [6.45, 7) is 7.07. The first-order valence-electron chi connectivity index (χ1n) is 8.83. The Morgan fingerprint density at radius 2 is 1.88 bits per heavy atom. The van der Waals surface area contributed by atoms with Crippen molar-refractivity contribution in [1.29, 1.82) is 0 Å². The van der Waals surface area contributed by atoms with Crippen LogP contribution in [0.5, 0.6) is 0 Å². The predicted molar refractivity (Wildman–Crippen MR) is 97.0 cm³/mol. The number of hydrogen-bond donors (Lipinski definition) is 0. The van der Waals surface area contributed by atoms with Crippen LogP contribution in [0, 0.1) is 18.8 Å². The summed E-state index contributed by atoms with van der Waals surface area (Å²) in [6, 6.07) is 6.26. The molecule has 0 spiro atoms. The zero-order valence-electron chi connectivity index (χ0n) is 15.3. The number of nitrogens with zero attached hydrogens (tertiary/aromatic N) is 1. The zero-order valence-corrected chi connectivity index (χ0v) is 15.3. The van der Waals surface area contributed by atoms with E-state index < -0.39 is 5.97 Å². The summed E-state index contributed by atoms with van der Waals surface area (Å²) in [5, 5.41) is 0.411. The van der Waals surface area contributed by atoms with Gasteiger partial charge in [0.1, 0.15) is 5.58 Å². The Bertz CT molecular complexity index is 891. The van der Waals surface area contributed by atoms with Crippen molar-refractivity contribution < 1.29 is 18.7 Å². The second-order valence-electron chi connectivity index (χ2n) is 7.30. The van der Waals surface area contributed by atoms with Crippen LogP contribution < -0.4 is 5.43 Å². The van der Waals surface area contributed by atoms with Gasteiger partial charge in [0.2, 0.25) is 5.76 Å². The molecule has 2 atom stereocenters. The highest BCUT2D eigenvalue weighted by atomic mass is 16.5. The fourth-order valence-electron chi connectivity index (χ4n) is 3.53. The predicted octanol–water partition coefficient (Wildman–Crippen LogP) is 2.76. The van der Waals surface area contributed by atoms with Crippen molar-refractivity contribution in [2.75, 3.05) is 19.7 Å². The Kier molecular flexibility index (Phi) is 5.11. The number of fused-ring (bicyclic) bond motifs is 1. The van der Waals surface area contributed by atoms with Crippen LogP contribution in [0.4, 0.5) is 0 Å². The zero-order chi connectivity index (χ0) is 18.8. The van der Waals surface area contributed by atoms with Gasteiger partial charge in [0.25, 0.3) is 5.91 Å². The van der Waals surface area contributed by atoms with Crippen LogP contribution in [0.1, 0.15) is 36.4 Å². The second-order valence-corrected chi connectivity index (χ2v) is 7.30. The SMILES string of the molecule is Cc1ccc2oc(C(=O)OCC(=O)N3C[C@H](C)C[C@@H](C)C3)cc(=O)c2c1. The fourth-order valence-corrected chi connectivity index (χ4v) is 3.53. The van der Waals surface area contributed by atoms with Crippen LogP contribution >= 0.6 is 0 Å². The van der Waals surface area contributed by atoms with Gasteiger partial charge in [0.15, 0.2) is 12.0 Å². The van der Waals surface area contributed by atoms with E-state index in [1.807, 2.05) is 6.92 Å². The first kappa shape index (κ1) is 18.2. The van der Waals surface area contributed by atoms with E-state index in [2.05, 4.69) is 13.8 Å². The first-order chi connectivity index (χ1) is 12.3. The number of rotatable bonds is 3. The van der Waals surface area contributed by atoms with Gasteiger partial charge in [-0.15, -0.1) is 0 Å². The van der Waals surface area contributed by atoms with Crippen LogP contribution in [-0.2, 0) is 9.53 Å². The number of hydrogen-bond acceptors (Lipinski definition) is 5. The first-order valence-corrected chi connectivity index (χ1v) is 8.83. The number of amides is 1. The molecular formula is C20H23NO5. The number of carbonyl (C=O) groups excluding carboxylic acids is 2. The van der Waals surface area contributed by atoms with Gasteiger partial charge >= 0.3 is 5.97 Å². The summed E-state index contributed by atoms with van der Waals surface area (Å²) in [5.74, 6) is -0.369. The molecule has 2 aromatic rings. The third kappa shape index (κ3) is 3.95. The minimum atomic E-state index is -0.809. The van der Waals surface area contributed by atoms with Gasteiger partial charge in [-0.1, -0.05) is 25.5 Å². The molecule has 1 amide bonds. The van der Waals surface area contributed by atoms with Crippen molar-refractivity contribution in [3.8, 4) is 0 Å². The maximum absolute atomic E-state index is 12.3. The van der Waals surface area contributed by atoms with Gasteiger partial charge < -0.3 is 14.1 Å². The summed E-state index contributed by atoms with van der Waals surface area (Å²) in [5.41, 5.74) is 0.933. The van der Waals surface area contributed by atoms with E-state index in [-0.39, 0.29) is 23.7 Å². The third-order valence-electron chi connectivity index (χ3n) is 4.63. The molecule has 0 aliphatic carbocycles. The molecule has 1 aliphatic rings. The maximum Gasteiger partial charge on any atom is 0.374 e. The van der Waals surface area contributed by atoms with Crippen LogP contribution in [0.3, 0.4) is 0 Å². The van der Waals surface area contributed by atoms with Gasteiger partial charge in [-0.2, -0.15) is 0 Å². The van der Waals surface area contributed by atoms with Crippen molar-refractivity contribution >= 4 is 22.8 Å². The number of likely N-dealkylation sites (tertiary alicyclic amines) is 1. The highest BCUT2D eigenvalue weighted by Crippen LogP contribution is 2.21. The van der Waals surface area contributed by atoms with Crippen molar-refractivity contribution in [3.05, 3.63) is 45.8 Å². The fraction of sp³-hybridized carbons (Fsp3) is 0.450. The molecule has 138 valence electrons. The molecule has 1 fully saturated rings. The monoisotopic (exact) mass is 357 g/mol. The maximum atomic E-state index is 12.3. The van der Waals surface area contributed by atoms with Gasteiger partial charge in [0.05, 0.1) is 5.39 Å².